The molecule has 3 aromatic heterocycles. The van der Waals surface area contributed by atoms with Gasteiger partial charge in [-0.1, -0.05) is 36.9 Å². The van der Waals surface area contributed by atoms with Crippen molar-refractivity contribution in [3.05, 3.63) is 70.7 Å². The molecule has 0 spiro atoms. The Hall–Kier alpha value is -2.97. The Morgan fingerprint density at radius 3 is 2.89 bits per heavy atom. The van der Waals surface area contributed by atoms with Crippen molar-refractivity contribution in [2.45, 2.75) is 6.92 Å². The fourth-order valence-electron chi connectivity index (χ4n) is 2.85. The highest BCUT2D eigenvalue weighted by atomic mass is 32.2. The molecule has 0 fully saturated rings. The molecule has 1 N–H and O–H groups in total. The van der Waals surface area contributed by atoms with Crippen LogP contribution in [-0.4, -0.2) is 31.4 Å². The topological polar surface area (TPSA) is 76.4 Å². The van der Waals surface area contributed by atoms with Crippen molar-refractivity contribution >= 4 is 45.5 Å². The molecule has 0 saturated heterocycles. The number of fused-ring (bicyclic) bond motifs is 1. The van der Waals surface area contributed by atoms with Crippen LogP contribution in [0.15, 0.2) is 60.2 Å². The molecule has 0 saturated carbocycles. The second-order valence-electron chi connectivity index (χ2n) is 5.86. The summed E-state index contributed by atoms with van der Waals surface area (Å²) >= 11 is 2.61. The van der Waals surface area contributed by atoms with E-state index in [4.69, 9.17) is 0 Å². The molecule has 6 nitrogen and oxygen atoms in total. The van der Waals surface area contributed by atoms with Crippen LogP contribution in [0.1, 0.15) is 22.2 Å². The fraction of sp³-hybridized carbons (Fsp3) is 0.100. The number of ketones is 1. The molecule has 28 heavy (non-hydrogen) atoms. The average molecular weight is 409 g/mol. The molecule has 3 heterocycles. The maximum atomic E-state index is 12.7. The van der Waals surface area contributed by atoms with Gasteiger partial charge >= 0.3 is 0 Å². The van der Waals surface area contributed by atoms with E-state index in [1.807, 2.05) is 48.7 Å². The maximum Gasteiger partial charge on any atom is 0.283 e. The van der Waals surface area contributed by atoms with E-state index < -0.39 is 0 Å². The van der Waals surface area contributed by atoms with Gasteiger partial charge in [0.15, 0.2) is 5.65 Å². The van der Waals surface area contributed by atoms with Gasteiger partial charge in [-0.25, -0.2) is 9.50 Å². The van der Waals surface area contributed by atoms with Gasteiger partial charge in [0.05, 0.1) is 22.3 Å². The normalized spacial score (nSPS) is 10.9. The number of thiophene rings is 1. The van der Waals surface area contributed by atoms with E-state index in [1.54, 1.807) is 23.0 Å². The SMILES string of the molecule is CCSC(=O)Nc1cccc(-c2ccnc3c(C(=O)c4cccs4)cnn23)c1. The summed E-state index contributed by atoms with van der Waals surface area (Å²) in [7, 11) is 0. The third-order valence-electron chi connectivity index (χ3n) is 4.07. The van der Waals surface area contributed by atoms with Gasteiger partial charge in [0.25, 0.3) is 5.24 Å². The highest BCUT2D eigenvalue weighted by Crippen LogP contribution is 2.25. The van der Waals surface area contributed by atoms with Crippen molar-refractivity contribution in [3.63, 3.8) is 0 Å². The van der Waals surface area contributed by atoms with Crippen LogP contribution in [-0.2, 0) is 0 Å². The van der Waals surface area contributed by atoms with Crippen molar-refractivity contribution in [2.75, 3.05) is 11.1 Å². The molecular formula is C20H16N4O2S2. The van der Waals surface area contributed by atoms with Gasteiger partial charge in [-0.15, -0.1) is 11.3 Å². The Balaban J connectivity index is 1.72. The van der Waals surface area contributed by atoms with Crippen molar-refractivity contribution in [2.24, 2.45) is 0 Å². The minimum absolute atomic E-state index is 0.0905. The number of thioether (sulfide) groups is 1. The number of rotatable bonds is 5. The fourth-order valence-corrected chi connectivity index (χ4v) is 3.98. The van der Waals surface area contributed by atoms with Crippen LogP contribution in [0.2, 0.25) is 0 Å². The Kier molecular flexibility index (Phi) is 5.23. The summed E-state index contributed by atoms with van der Waals surface area (Å²) in [5.74, 6) is 0.623. The molecule has 0 radical (unpaired) electrons. The second kappa shape index (κ2) is 7.95. The summed E-state index contributed by atoms with van der Waals surface area (Å²) in [5.41, 5.74) is 3.33. The third-order valence-corrected chi connectivity index (χ3v) is 5.59. The maximum absolute atomic E-state index is 12.7. The molecule has 0 aliphatic rings. The van der Waals surface area contributed by atoms with E-state index in [0.29, 0.717) is 27.5 Å². The zero-order chi connectivity index (χ0) is 19.5. The molecule has 0 aliphatic heterocycles. The number of amides is 1. The number of anilines is 1. The van der Waals surface area contributed by atoms with Crippen LogP contribution in [0.25, 0.3) is 16.9 Å². The van der Waals surface area contributed by atoms with Crippen LogP contribution in [0.3, 0.4) is 0 Å². The lowest BCUT2D eigenvalue weighted by atomic mass is 10.1. The lowest BCUT2D eigenvalue weighted by Crippen LogP contribution is -2.05. The highest BCUT2D eigenvalue weighted by molar-refractivity contribution is 8.13. The lowest BCUT2D eigenvalue weighted by Gasteiger charge is -2.08. The number of nitrogens with one attached hydrogen (secondary N) is 1. The minimum Gasteiger partial charge on any atom is -0.317 e. The average Bonchev–Trinajstić information content (AvgIpc) is 3.38. The first-order chi connectivity index (χ1) is 13.7. The molecular weight excluding hydrogens is 392 g/mol. The van der Waals surface area contributed by atoms with E-state index in [9.17, 15) is 9.59 Å². The van der Waals surface area contributed by atoms with E-state index in [1.165, 1.54) is 23.1 Å². The summed E-state index contributed by atoms with van der Waals surface area (Å²) < 4.78 is 1.66. The molecule has 1 amide bonds. The summed E-state index contributed by atoms with van der Waals surface area (Å²) in [6.45, 7) is 1.93. The number of aromatic nitrogens is 3. The van der Waals surface area contributed by atoms with Gasteiger partial charge in [0.1, 0.15) is 0 Å². The van der Waals surface area contributed by atoms with Crippen molar-refractivity contribution in [1.29, 1.82) is 0 Å². The molecule has 140 valence electrons. The van der Waals surface area contributed by atoms with E-state index in [0.717, 1.165) is 11.3 Å². The minimum atomic E-state index is -0.0950. The molecule has 8 heteroatoms. The van der Waals surface area contributed by atoms with Crippen LogP contribution in [0.4, 0.5) is 10.5 Å². The van der Waals surface area contributed by atoms with Crippen molar-refractivity contribution in [1.82, 2.24) is 14.6 Å². The first-order valence-corrected chi connectivity index (χ1v) is 10.5. The Bertz CT molecular complexity index is 1150. The van der Waals surface area contributed by atoms with Crippen molar-refractivity contribution < 1.29 is 9.59 Å². The molecule has 0 atom stereocenters. The number of benzene rings is 1. The molecule has 1 aromatic carbocycles. The standard InChI is InChI=1S/C20H16N4O2S2/c1-2-27-20(26)23-14-6-3-5-13(11-14)16-8-9-21-19-15(12-22-24(16)19)18(25)17-7-4-10-28-17/h3-12H,2H2,1H3,(H,23,26). The molecule has 4 rings (SSSR count). The zero-order valence-electron chi connectivity index (χ0n) is 15.0. The lowest BCUT2D eigenvalue weighted by molar-refractivity contribution is 0.104. The predicted octanol–water partition coefficient (Wildman–Crippen LogP) is 4.97. The van der Waals surface area contributed by atoms with Gasteiger partial charge < -0.3 is 5.32 Å². The van der Waals surface area contributed by atoms with Crippen LogP contribution in [0, 0.1) is 0 Å². The summed E-state index contributed by atoms with van der Waals surface area (Å²) in [5, 5.41) is 9.04. The van der Waals surface area contributed by atoms with Gasteiger partial charge in [-0.3, -0.25) is 9.59 Å². The summed E-state index contributed by atoms with van der Waals surface area (Å²) in [6, 6.07) is 13.0. The number of carbonyl (C=O) groups is 2. The number of nitrogens with zero attached hydrogens (tertiary/aromatic N) is 3. The number of hydrogen-bond donors (Lipinski definition) is 1. The summed E-state index contributed by atoms with van der Waals surface area (Å²) in [6.07, 6.45) is 3.22. The first kappa shape index (κ1) is 18.4. The number of carbonyl (C=O) groups excluding carboxylic acids is 2. The van der Waals surface area contributed by atoms with Crippen molar-refractivity contribution in [3.8, 4) is 11.3 Å². The first-order valence-electron chi connectivity index (χ1n) is 8.62. The monoisotopic (exact) mass is 408 g/mol. The molecule has 4 aromatic rings. The Morgan fingerprint density at radius 1 is 1.21 bits per heavy atom. The quantitative estimate of drug-likeness (QED) is 0.472. The highest BCUT2D eigenvalue weighted by Gasteiger charge is 2.18. The second-order valence-corrected chi connectivity index (χ2v) is 8.04. The van der Waals surface area contributed by atoms with E-state index in [-0.39, 0.29) is 11.0 Å². The molecule has 0 aliphatic carbocycles. The smallest absolute Gasteiger partial charge is 0.283 e. The Labute approximate surface area is 169 Å². The van der Waals surface area contributed by atoms with E-state index >= 15 is 0 Å². The molecule has 0 bridgehead atoms. The zero-order valence-corrected chi connectivity index (χ0v) is 16.6. The van der Waals surface area contributed by atoms with Crippen LogP contribution < -0.4 is 5.32 Å². The molecule has 0 unspecified atom stereocenters. The van der Waals surface area contributed by atoms with Crippen LogP contribution in [0.5, 0.6) is 0 Å². The predicted molar refractivity (Wildman–Crippen MR) is 113 cm³/mol. The van der Waals surface area contributed by atoms with Gasteiger partial charge in [-0.05, 0) is 35.4 Å². The third kappa shape index (κ3) is 3.56. The van der Waals surface area contributed by atoms with Gasteiger partial charge in [-0.2, -0.15) is 5.10 Å². The largest absolute Gasteiger partial charge is 0.317 e. The van der Waals surface area contributed by atoms with Gasteiger partial charge in [0, 0.05) is 17.4 Å². The Morgan fingerprint density at radius 2 is 2.11 bits per heavy atom. The number of hydrogen-bond acceptors (Lipinski definition) is 6. The van der Waals surface area contributed by atoms with Gasteiger partial charge in [0.2, 0.25) is 5.78 Å². The van der Waals surface area contributed by atoms with Crippen LogP contribution >= 0.6 is 23.1 Å². The summed E-state index contributed by atoms with van der Waals surface area (Å²) in [4.78, 5) is 29.6. The van der Waals surface area contributed by atoms with E-state index in [2.05, 4.69) is 15.4 Å².